The van der Waals surface area contributed by atoms with Crippen LogP contribution in [0, 0.1) is 12.3 Å². The van der Waals surface area contributed by atoms with E-state index < -0.39 is 0 Å². The Balaban J connectivity index is 2.02. The second-order valence-electron chi connectivity index (χ2n) is 4.34. The molecule has 0 aliphatic carbocycles. The summed E-state index contributed by atoms with van der Waals surface area (Å²) >= 11 is 0. The number of hydrogen-bond acceptors (Lipinski definition) is 4. The minimum absolute atomic E-state index is 0.0622. The predicted octanol–water partition coefficient (Wildman–Crippen LogP) is -0.607. The van der Waals surface area contributed by atoms with Gasteiger partial charge in [-0.05, 0) is 0 Å². The van der Waals surface area contributed by atoms with Crippen molar-refractivity contribution in [2.45, 2.75) is 0 Å². The van der Waals surface area contributed by atoms with Crippen LogP contribution in [0.1, 0.15) is 10.5 Å². The number of carbonyl (C=O) groups excluding carboxylic acids is 1. The summed E-state index contributed by atoms with van der Waals surface area (Å²) in [5.41, 5.74) is 6.64. The molecule has 6 heteroatoms. The molecule has 96 valence electrons. The van der Waals surface area contributed by atoms with Crippen molar-refractivity contribution in [2.24, 2.45) is 7.05 Å². The number of anilines is 1. The van der Waals surface area contributed by atoms with Gasteiger partial charge in [-0.1, -0.05) is 5.92 Å². The van der Waals surface area contributed by atoms with E-state index in [0.717, 1.165) is 13.1 Å². The molecule has 2 N–H and O–H groups in total. The van der Waals surface area contributed by atoms with Crippen LogP contribution in [-0.2, 0) is 7.05 Å². The number of aryl methyl sites for hydroxylation is 1. The number of nitrogens with two attached hydrogens (primary N) is 1. The van der Waals surface area contributed by atoms with Gasteiger partial charge in [0, 0.05) is 33.2 Å². The first kappa shape index (κ1) is 12.5. The number of nitrogen functional groups attached to an aromatic ring is 1. The van der Waals surface area contributed by atoms with Gasteiger partial charge in [0.05, 0.1) is 18.4 Å². The van der Waals surface area contributed by atoms with Gasteiger partial charge in [0.2, 0.25) is 0 Å². The Morgan fingerprint density at radius 2 is 2.17 bits per heavy atom. The molecule has 0 unspecified atom stereocenters. The van der Waals surface area contributed by atoms with Gasteiger partial charge in [0.1, 0.15) is 5.69 Å². The average Bonchev–Trinajstić information content (AvgIpc) is 2.70. The highest BCUT2D eigenvalue weighted by Crippen LogP contribution is 2.14. The van der Waals surface area contributed by atoms with Crippen molar-refractivity contribution in [3.8, 4) is 12.3 Å². The third-order valence-corrected chi connectivity index (χ3v) is 3.14. The second kappa shape index (κ2) is 5.10. The predicted molar refractivity (Wildman–Crippen MR) is 68.8 cm³/mol. The fourth-order valence-electron chi connectivity index (χ4n) is 2.10. The maximum absolute atomic E-state index is 12.3. The Hall–Kier alpha value is -2.00. The summed E-state index contributed by atoms with van der Waals surface area (Å²) in [6, 6.07) is 0. The normalized spacial score (nSPS) is 16.6. The summed E-state index contributed by atoms with van der Waals surface area (Å²) in [5, 5.41) is 3.98. The number of hydrogen-bond donors (Lipinski definition) is 1. The van der Waals surface area contributed by atoms with Crippen LogP contribution in [0.3, 0.4) is 0 Å². The lowest BCUT2D eigenvalue weighted by atomic mass is 10.2. The Kier molecular flexibility index (Phi) is 3.53. The maximum atomic E-state index is 12.3. The van der Waals surface area contributed by atoms with Crippen LogP contribution >= 0.6 is 0 Å². The summed E-state index contributed by atoms with van der Waals surface area (Å²) < 4.78 is 1.52. The highest BCUT2D eigenvalue weighted by molar-refractivity contribution is 5.97. The van der Waals surface area contributed by atoms with Gasteiger partial charge in [-0.15, -0.1) is 6.42 Å². The van der Waals surface area contributed by atoms with E-state index in [1.54, 1.807) is 11.9 Å². The van der Waals surface area contributed by atoms with Crippen molar-refractivity contribution in [2.75, 3.05) is 38.5 Å². The number of carbonyl (C=O) groups is 1. The minimum Gasteiger partial charge on any atom is -0.396 e. The lowest BCUT2D eigenvalue weighted by Crippen LogP contribution is -2.49. The molecule has 1 saturated heterocycles. The molecule has 2 rings (SSSR count). The van der Waals surface area contributed by atoms with Crippen LogP contribution in [-0.4, -0.2) is 58.2 Å². The fourth-order valence-corrected chi connectivity index (χ4v) is 2.10. The number of amides is 1. The Morgan fingerprint density at radius 1 is 1.50 bits per heavy atom. The third kappa shape index (κ3) is 2.31. The van der Waals surface area contributed by atoms with Gasteiger partial charge in [-0.25, -0.2) is 0 Å². The molecule has 1 fully saturated rings. The van der Waals surface area contributed by atoms with E-state index in [-0.39, 0.29) is 5.91 Å². The van der Waals surface area contributed by atoms with E-state index in [2.05, 4.69) is 15.9 Å². The van der Waals surface area contributed by atoms with Crippen molar-refractivity contribution in [1.29, 1.82) is 0 Å². The van der Waals surface area contributed by atoms with Crippen molar-refractivity contribution >= 4 is 11.6 Å². The fraction of sp³-hybridized carbons (Fsp3) is 0.500. The number of terminal acetylenes is 1. The molecule has 18 heavy (non-hydrogen) atoms. The van der Waals surface area contributed by atoms with Crippen LogP contribution in [0.25, 0.3) is 0 Å². The molecule has 0 bridgehead atoms. The van der Waals surface area contributed by atoms with Crippen molar-refractivity contribution in [3.63, 3.8) is 0 Å². The molecule has 0 radical (unpaired) electrons. The molecule has 1 amide bonds. The zero-order valence-electron chi connectivity index (χ0n) is 10.5. The summed E-state index contributed by atoms with van der Waals surface area (Å²) in [7, 11) is 1.72. The first-order chi connectivity index (χ1) is 8.63. The third-order valence-electron chi connectivity index (χ3n) is 3.14. The van der Waals surface area contributed by atoms with Crippen LogP contribution in [0.15, 0.2) is 6.20 Å². The molecule has 1 aliphatic rings. The quantitative estimate of drug-likeness (QED) is 0.708. The van der Waals surface area contributed by atoms with Crippen LogP contribution < -0.4 is 5.73 Å². The van der Waals surface area contributed by atoms with E-state index in [1.807, 2.05) is 0 Å². The average molecular weight is 247 g/mol. The van der Waals surface area contributed by atoms with E-state index >= 15 is 0 Å². The van der Waals surface area contributed by atoms with Gasteiger partial charge in [0.15, 0.2) is 0 Å². The maximum Gasteiger partial charge on any atom is 0.274 e. The first-order valence-electron chi connectivity index (χ1n) is 5.86. The molecule has 0 saturated carbocycles. The van der Waals surface area contributed by atoms with Gasteiger partial charge < -0.3 is 10.6 Å². The highest BCUT2D eigenvalue weighted by Gasteiger charge is 2.25. The van der Waals surface area contributed by atoms with E-state index in [0.29, 0.717) is 31.0 Å². The Labute approximate surface area is 106 Å². The number of nitrogens with zero attached hydrogens (tertiary/aromatic N) is 4. The molecule has 2 heterocycles. The summed E-state index contributed by atoms with van der Waals surface area (Å²) in [4.78, 5) is 16.2. The second-order valence-corrected chi connectivity index (χ2v) is 4.34. The topological polar surface area (TPSA) is 67.4 Å². The number of rotatable bonds is 2. The Morgan fingerprint density at radius 3 is 2.67 bits per heavy atom. The summed E-state index contributed by atoms with van der Waals surface area (Å²) in [6.07, 6.45) is 6.77. The Bertz CT molecular complexity index is 460. The number of piperazine rings is 1. The molecule has 6 nitrogen and oxygen atoms in total. The summed E-state index contributed by atoms with van der Waals surface area (Å²) in [5.74, 6) is 2.55. The summed E-state index contributed by atoms with van der Waals surface area (Å²) in [6.45, 7) is 3.58. The van der Waals surface area contributed by atoms with Gasteiger partial charge >= 0.3 is 0 Å². The van der Waals surface area contributed by atoms with Crippen molar-refractivity contribution in [3.05, 3.63) is 11.9 Å². The van der Waals surface area contributed by atoms with Gasteiger partial charge in [0.25, 0.3) is 5.91 Å². The molecule has 1 aromatic rings. The molecule has 1 aromatic heterocycles. The SMILES string of the molecule is C#CCN1CCN(C(=O)c2c(N)cnn2C)CC1. The molecule has 0 spiro atoms. The minimum atomic E-state index is -0.0622. The highest BCUT2D eigenvalue weighted by atomic mass is 16.2. The monoisotopic (exact) mass is 247 g/mol. The van der Waals surface area contributed by atoms with E-state index in [4.69, 9.17) is 12.2 Å². The zero-order valence-corrected chi connectivity index (χ0v) is 10.5. The standard InChI is InChI=1S/C12H17N5O/c1-3-4-16-5-7-17(8-6-16)12(18)11-10(13)9-14-15(11)2/h1,9H,4-8,13H2,2H3. The van der Waals surface area contributed by atoms with Crippen molar-refractivity contribution < 1.29 is 4.79 Å². The van der Waals surface area contributed by atoms with Gasteiger partial charge in [-0.2, -0.15) is 5.10 Å². The lowest BCUT2D eigenvalue weighted by molar-refractivity contribution is 0.0642. The molecule has 0 aromatic carbocycles. The van der Waals surface area contributed by atoms with E-state index in [9.17, 15) is 4.79 Å². The van der Waals surface area contributed by atoms with E-state index in [1.165, 1.54) is 10.9 Å². The number of aromatic nitrogens is 2. The van der Waals surface area contributed by atoms with Crippen molar-refractivity contribution in [1.82, 2.24) is 19.6 Å². The first-order valence-corrected chi connectivity index (χ1v) is 5.86. The largest absolute Gasteiger partial charge is 0.396 e. The lowest BCUT2D eigenvalue weighted by Gasteiger charge is -2.33. The molecule has 1 aliphatic heterocycles. The molecule has 0 atom stereocenters. The zero-order chi connectivity index (χ0) is 13.1. The van der Waals surface area contributed by atoms with Crippen LogP contribution in [0.5, 0.6) is 0 Å². The van der Waals surface area contributed by atoms with Gasteiger partial charge in [-0.3, -0.25) is 14.4 Å². The van der Waals surface area contributed by atoms with Crippen LogP contribution in [0.4, 0.5) is 5.69 Å². The smallest absolute Gasteiger partial charge is 0.274 e. The molecular weight excluding hydrogens is 230 g/mol. The van der Waals surface area contributed by atoms with Crippen LogP contribution in [0.2, 0.25) is 0 Å². The molecular formula is C12H17N5O.